The summed E-state index contributed by atoms with van der Waals surface area (Å²) in [5.74, 6) is -0.0954. The fraction of sp³-hybridized carbons (Fsp3) is 0.929. The number of sulfonamides is 1. The lowest BCUT2D eigenvalue weighted by Gasteiger charge is -2.32. The minimum absolute atomic E-state index is 0.0705. The lowest BCUT2D eigenvalue weighted by Crippen LogP contribution is -2.45. The summed E-state index contributed by atoms with van der Waals surface area (Å²) in [5, 5.41) is 2.87. The quantitative estimate of drug-likeness (QED) is 0.843. The Balaban J connectivity index is 2.60. The highest BCUT2D eigenvalue weighted by molar-refractivity contribution is 7.88. The normalized spacial score (nSPS) is 18.2. The third-order valence-corrected chi connectivity index (χ3v) is 4.81. The van der Waals surface area contributed by atoms with E-state index in [2.05, 4.69) is 5.32 Å². The van der Waals surface area contributed by atoms with E-state index in [0.29, 0.717) is 0 Å². The van der Waals surface area contributed by atoms with Crippen molar-refractivity contribution in [2.24, 2.45) is 0 Å². The van der Waals surface area contributed by atoms with E-state index in [1.807, 2.05) is 20.8 Å². The van der Waals surface area contributed by atoms with E-state index in [9.17, 15) is 13.2 Å². The molecule has 1 aliphatic carbocycles. The minimum Gasteiger partial charge on any atom is -0.351 e. The molecule has 0 bridgehead atoms. The van der Waals surface area contributed by atoms with Crippen LogP contribution >= 0.6 is 0 Å². The van der Waals surface area contributed by atoms with Crippen molar-refractivity contribution in [1.29, 1.82) is 0 Å². The van der Waals surface area contributed by atoms with E-state index < -0.39 is 10.0 Å². The van der Waals surface area contributed by atoms with E-state index in [1.54, 1.807) is 0 Å². The zero-order valence-corrected chi connectivity index (χ0v) is 13.9. The summed E-state index contributed by atoms with van der Waals surface area (Å²) in [7, 11) is -3.25. The summed E-state index contributed by atoms with van der Waals surface area (Å²) >= 11 is 0. The first kappa shape index (κ1) is 17.4. The molecule has 0 saturated heterocycles. The summed E-state index contributed by atoms with van der Waals surface area (Å²) in [6.45, 7) is 6.03. The molecular weight excluding hydrogens is 276 g/mol. The molecule has 0 aromatic heterocycles. The van der Waals surface area contributed by atoms with Crippen LogP contribution in [0.15, 0.2) is 0 Å². The van der Waals surface area contributed by atoms with Crippen LogP contribution in [-0.4, -0.2) is 43.0 Å². The monoisotopic (exact) mass is 304 g/mol. The number of nitrogens with one attached hydrogen (secondary N) is 1. The molecule has 1 saturated carbocycles. The van der Waals surface area contributed by atoms with Crippen LogP contribution < -0.4 is 5.32 Å². The number of hydrogen-bond acceptors (Lipinski definition) is 3. The summed E-state index contributed by atoms with van der Waals surface area (Å²) in [6, 6.07) is 0.0705. The van der Waals surface area contributed by atoms with Gasteiger partial charge in [-0.2, -0.15) is 4.31 Å². The molecular formula is C14H28N2O3S. The molecule has 20 heavy (non-hydrogen) atoms. The Morgan fingerprint density at radius 1 is 1.20 bits per heavy atom. The lowest BCUT2D eigenvalue weighted by atomic mass is 9.95. The van der Waals surface area contributed by atoms with Gasteiger partial charge in [-0.1, -0.05) is 19.3 Å². The van der Waals surface area contributed by atoms with E-state index in [1.165, 1.54) is 17.0 Å². The second kappa shape index (κ2) is 6.89. The maximum atomic E-state index is 11.9. The van der Waals surface area contributed by atoms with Crippen molar-refractivity contribution in [1.82, 2.24) is 9.62 Å². The van der Waals surface area contributed by atoms with E-state index in [-0.39, 0.29) is 30.5 Å². The van der Waals surface area contributed by atoms with Crippen LogP contribution in [0, 0.1) is 0 Å². The summed E-state index contributed by atoms with van der Waals surface area (Å²) in [5.41, 5.74) is -0.280. The van der Waals surface area contributed by atoms with Crippen molar-refractivity contribution in [2.45, 2.75) is 70.9 Å². The van der Waals surface area contributed by atoms with Gasteiger partial charge in [0.2, 0.25) is 15.9 Å². The van der Waals surface area contributed by atoms with Gasteiger partial charge in [0.25, 0.3) is 0 Å². The second-order valence-corrected chi connectivity index (χ2v) is 8.65. The fourth-order valence-electron chi connectivity index (χ4n) is 2.68. The molecule has 1 rings (SSSR count). The first-order chi connectivity index (χ1) is 9.09. The number of nitrogens with zero attached hydrogens (tertiary/aromatic N) is 1. The standard InChI is InChI=1S/C14H28N2O3S/c1-14(2,3)15-13(17)10-11-16(20(4,18)19)12-8-6-5-7-9-12/h12H,5-11H2,1-4H3,(H,15,17). The zero-order valence-electron chi connectivity index (χ0n) is 13.1. The maximum Gasteiger partial charge on any atom is 0.221 e. The highest BCUT2D eigenvalue weighted by atomic mass is 32.2. The van der Waals surface area contributed by atoms with Crippen LogP contribution in [-0.2, 0) is 14.8 Å². The second-order valence-electron chi connectivity index (χ2n) is 6.71. The van der Waals surface area contributed by atoms with Crippen LogP contribution in [0.4, 0.5) is 0 Å². The first-order valence-corrected chi connectivity index (χ1v) is 9.22. The van der Waals surface area contributed by atoms with E-state index in [4.69, 9.17) is 0 Å². The van der Waals surface area contributed by atoms with E-state index in [0.717, 1.165) is 25.7 Å². The molecule has 0 aliphatic heterocycles. The molecule has 118 valence electrons. The Bertz CT molecular complexity index is 420. The van der Waals surface area contributed by atoms with Crippen molar-refractivity contribution in [3.63, 3.8) is 0 Å². The number of carbonyl (C=O) groups excluding carboxylic acids is 1. The molecule has 0 heterocycles. The summed E-state index contributed by atoms with van der Waals surface area (Å²) in [6.07, 6.45) is 6.61. The molecule has 6 heteroatoms. The molecule has 1 aliphatic rings. The summed E-state index contributed by atoms with van der Waals surface area (Å²) in [4.78, 5) is 11.8. The van der Waals surface area contributed by atoms with Crippen molar-refractivity contribution >= 4 is 15.9 Å². The van der Waals surface area contributed by atoms with Gasteiger partial charge in [-0.15, -0.1) is 0 Å². The Morgan fingerprint density at radius 2 is 1.75 bits per heavy atom. The largest absolute Gasteiger partial charge is 0.351 e. The number of hydrogen-bond donors (Lipinski definition) is 1. The van der Waals surface area contributed by atoms with Gasteiger partial charge in [0.15, 0.2) is 0 Å². The van der Waals surface area contributed by atoms with Crippen molar-refractivity contribution in [2.75, 3.05) is 12.8 Å². The molecule has 0 unspecified atom stereocenters. The SMILES string of the molecule is CC(C)(C)NC(=O)CCN(C1CCCCC1)S(C)(=O)=O. The third-order valence-electron chi connectivity index (χ3n) is 3.48. The number of amides is 1. The van der Waals surface area contributed by atoms with Gasteiger partial charge < -0.3 is 5.32 Å². The van der Waals surface area contributed by atoms with Gasteiger partial charge in [-0.3, -0.25) is 4.79 Å². The van der Waals surface area contributed by atoms with Gasteiger partial charge in [0.05, 0.1) is 6.26 Å². The topological polar surface area (TPSA) is 66.5 Å². The smallest absolute Gasteiger partial charge is 0.221 e. The molecule has 5 nitrogen and oxygen atoms in total. The number of rotatable bonds is 5. The molecule has 1 fully saturated rings. The van der Waals surface area contributed by atoms with Crippen molar-refractivity contribution in [3.8, 4) is 0 Å². The minimum atomic E-state index is -3.25. The zero-order chi connectivity index (χ0) is 15.4. The highest BCUT2D eigenvalue weighted by Gasteiger charge is 2.28. The van der Waals surface area contributed by atoms with Crippen LogP contribution in [0.3, 0.4) is 0 Å². The average molecular weight is 304 g/mol. The Hall–Kier alpha value is -0.620. The van der Waals surface area contributed by atoms with Crippen LogP contribution in [0.2, 0.25) is 0 Å². The molecule has 0 spiro atoms. The van der Waals surface area contributed by atoms with Crippen LogP contribution in [0.25, 0.3) is 0 Å². The maximum absolute atomic E-state index is 11.9. The third kappa shape index (κ3) is 6.22. The Labute approximate surface area is 123 Å². The van der Waals surface area contributed by atoms with Crippen LogP contribution in [0.5, 0.6) is 0 Å². The predicted molar refractivity (Wildman–Crippen MR) is 80.9 cm³/mol. The predicted octanol–water partition coefficient (Wildman–Crippen LogP) is 1.89. The van der Waals surface area contributed by atoms with Gasteiger partial charge in [0, 0.05) is 24.5 Å². The lowest BCUT2D eigenvalue weighted by molar-refractivity contribution is -0.122. The van der Waals surface area contributed by atoms with Gasteiger partial charge in [-0.05, 0) is 33.6 Å². The molecule has 1 N–H and O–H groups in total. The van der Waals surface area contributed by atoms with Gasteiger partial charge in [-0.25, -0.2) is 8.42 Å². The van der Waals surface area contributed by atoms with E-state index >= 15 is 0 Å². The summed E-state index contributed by atoms with van der Waals surface area (Å²) < 4.78 is 25.4. The Morgan fingerprint density at radius 3 is 2.20 bits per heavy atom. The first-order valence-electron chi connectivity index (χ1n) is 7.37. The Kier molecular flexibility index (Phi) is 6.01. The molecule has 0 aromatic rings. The molecule has 0 atom stereocenters. The van der Waals surface area contributed by atoms with Crippen molar-refractivity contribution < 1.29 is 13.2 Å². The molecule has 0 radical (unpaired) electrons. The van der Waals surface area contributed by atoms with Gasteiger partial charge >= 0.3 is 0 Å². The van der Waals surface area contributed by atoms with Crippen molar-refractivity contribution in [3.05, 3.63) is 0 Å². The van der Waals surface area contributed by atoms with Gasteiger partial charge in [0.1, 0.15) is 0 Å². The molecule has 1 amide bonds. The molecule has 0 aromatic carbocycles. The fourth-order valence-corrected chi connectivity index (χ4v) is 3.86. The highest BCUT2D eigenvalue weighted by Crippen LogP contribution is 2.24. The number of carbonyl (C=O) groups is 1. The van der Waals surface area contributed by atoms with Crippen LogP contribution in [0.1, 0.15) is 59.3 Å². The average Bonchev–Trinajstić information content (AvgIpc) is 2.26.